The van der Waals surface area contributed by atoms with Crippen molar-refractivity contribution in [1.29, 1.82) is 0 Å². The Morgan fingerprint density at radius 3 is 2.66 bits per heavy atom. The largest absolute Gasteiger partial charge is 0.493 e. The summed E-state index contributed by atoms with van der Waals surface area (Å²) in [4.78, 5) is 4.80. The molecule has 1 aliphatic heterocycles. The van der Waals surface area contributed by atoms with Gasteiger partial charge in [-0.2, -0.15) is 0 Å². The third kappa shape index (κ3) is 3.47. The molecule has 152 valence electrons. The number of nitrogens with zero attached hydrogens (tertiary/aromatic N) is 2. The Morgan fingerprint density at radius 1 is 1.17 bits per heavy atom. The standard InChI is InChI=1S/C21H22N2O4S2/c1-13-10-15-11-14(8-9-18(15)23(13)29(4,24)25)17-12-28-21(22-17)16-6-5-7-19(26-2)20(16)27-3/h5-9,11-13H,10H2,1-4H3/t13-/m0/s1. The van der Waals surface area contributed by atoms with Crippen LogP contribution in [-0.4, -0.2) is 39.9 Å². The lowest BCUT2D eigenvalue weighted by Gasteiger charge is -2.21. The fourth-order valence-electron chi connectivity index (χ4n) is 3.85. The highest BCUT2D eigenvalue weighted by molar-refractivity contribution is 7.92. The van der Waals surface area contributed by atoms with Crippen LogP contribution in [0.15, 0.2) is 41.8 Å². The number of benzene rings is 2. The van der Waals surface area contributed by atoms with E-state index in [9.17, 15) is 8.42 Å². The molecule has 0 N–H and O–H groups in total. The normalized spacial score (nSPS) is 16.0. The average molecular weight is 431 g/mol. The number of sulfonamides is 1. The molecule has 29 heavy (non-hydrogen) atoms. The summed E-state index contributed by atoms with van der Waals surface area (Å²) in [6.45, 7) is 1.93. The number of fused-ring (bicyclic) bond motifs is 1. The average Bonchev–Trinajstić information content (AvgIpc) is 3.29. The van der Waals surface area contributed by atoms with Crippen LogP contribution in [0.1, 0.15) is 12.5 Å². The first-order valence-electron chi connectivity index (χ1n) is 9.13. The molecule has 0 aliphatic carbocycles. The van der Waals surface area contributed by atoms with E-state index in [1.165, 1.54) is 21.9 Å². The molecule has 0 unspecified atom stereocenters. The van der Waals surface area contributed by atoms with Gasteiger partial charge in [0.25, 0.3) is 0 Å². The number of methoxy groups -OCH3 is 2. The van der Waals surface area contributed by atoms with Crippen molar-refractivity contribution in [2.24, 2.45) is 0 Å². The Labute approximate surface area is 174 Å². The lowest BCUT2D eigenvalue weighted by Crippen LogP contribution is -2.34. The van der Waals surface area contributed by atoms with Crippen LogP contribution < -0.4 is 13.8 Å². The van der Waals surface area contributed by atoms with Crippen molar-refractivity contribution in [3.8, 4) is 33.3 Å². The highest BCUT2D eigenvalue weighted by Gasteiger charge is 2.32. The van der Waals surface area contributed by atoms with Gasteiger partial charge in [0, 0.05) is 17.0 Å². The molecule has 1 atom stereocenters. The van der Waals surface area contributed by atoms with Crippen LogP contribution in [0.5, 0.6) is 11.5 Å². The molecule has 1 aliphatic rings. The summed E-state index contributed by atoms with van der Waals surface area (Å²) in [5.41, 5.74) is 4.47. The Balaban J connectivity index is 1.72. The number of hydrogen-bond donors (Lipinski definition) is 0. The van der Waals surface area contributed by atoms with Crippen molar-refractivity contribution in [2.75, 3.05) is 24.8 Å². The Morgan fingerprint density at radius 2 is 1.97 bits per heavy atom. The number of aromatic nitrogens is 1. The molecule has 8 heteroatoms. The van der Waals surface area contributed by atoms with Crippen molar-refractivity contribution in [2.45, 2.75) is 19.4 Å². The second-order valence-electron chi connectivity index (χ2n) is 7.03. The van der Waals surface area contributed by atoms with Gasteiger partial charge in [0.2, 0.25) is 10.0 Å². The Hall–Kier alpha value is -2.58. The molecule has 1 aromatic heterocycles. The fourth-order valence-corrected chi connectivity index (χ4v) is 5.97. The summed E-state index contributed by atoms with van der Waals surface area (Å²) >= 11 is 1.53. The number of para-hydroxylation sites is 1. The smallest absolute Gasteiger partial charge is 0.232 e. The van der Waals surface area contributed by atoms with Gasteiger partial charge in [-0.15, -0.1) is 11.3 Å². The van der Waals surface area contributed by atoms with Crippen molar-refractivity contribution in [3.63, 3.8) is 0 Å². The van der Waals surface area contributed by atoms with Gasteiger partial charge < -0.3 is 9.47 Å². The predicted molar refractivity (Wildman–Crippen MR) is 117 cm³/mol. The lowest BCUT2D eigenvalue weighted by atomic mass is 10.1. The monoisotopic (exact) mass is 430 g/mol. The zero-order valence-corrected chi connectivity index (χ0v) is 18.3. The van der Waals surface area contributed by atoms with Crippen LogP contribution in [0.4, 0.5) is 5.69 Å². The zero-order valence-electron chi connectivity index (χ0n) is 16.7. The molecule has 0 bridgehead atoms. The van der Waals surface area contributed by atoms with Gasteiger partial charge in [-0.25, -0.2) is 13.4 Å². The molecule has 6 nitrogen and oxygen atoms in total. The van der Waals surface area contributed by atoms with E-state index in [-0.39, 0.29) is 6.04 Å². The third-order valence-corrected chi connectivity index (χ3v) is 7.17. The van der Waals surface area contributed by atoms with Gasteiger partial charge in [-0.05, 0) is 43.2 Å². The maximum atomic E-state index is 12.1. The quantitative estimate of drug-likeness (QED) is 0.607. The van der Waals surface area contributed by atoms with E-state index in [0.717, 1.165) is 33.1 Å². The minimum atomic E-state index is -3.29. The lowest BCUT2D eigenvalue weighted by molar-refractivity contribution is 0.356. The van der Waals surface area contributed by atoms with Gasteiger partial charge in [-0.3, -0.25) is 4.31 Å². The molecule has 0 amide bonds. The van der Waals surface area contributed by atoms with Gasteiger partial charge in [0.05, 0.1) is 37.4 Å². The van der Waals surface area contributed by atoms with Crippen LogP contribution in [0.25, 0.3) is 21.8 Å². The molecule has 2 heterocycles. The van der Waals surface area contributed by atoms with Crippen LogP contribution >= 0.6 is 11.3 Å². The SMILES string of the molecule is COc1cccc(-c2nc(-c3ccc4c(c3)C[C@H](C)N4S(C)(=O)=O)cs2)c1OC. The highest BCUT2D eigenvalue weighted by Crippen LogP contribution is 2.41. The van der Waals surface area contributed by atoms with Crippen LogP contribution in [0, 0.1) is 0 Å². The zero-order chi connectivity index (χ0) is 20.8. The van der Waals surface area contributed by atoms with Gasteiger partial charge in [-0.1, -0.05) is 12.1 Å². The van der Waals surface area contributed by atoms with E-state index >= 15 is 0 Å². The topological polar surface area (TPSA) is 68.7 Å². The van der Waals surface area contributed by atoms with Gasteiger partial charge in [0.1, 0.15) is 5.01 Å². The summed E-state index contributed by atoms with van der Waals surface area (Å²) in [6, 6.07) is 11.5. The van der Waals surface area contributed by atoms with Crippen LogP contribution in [-0.2, 0) is 16.4 Å². The highest BCUT2D eigenvalue weighted by atomic mass is 32.2. The minimum absolute atomic E-state index is 0.0812. The van der Waals surface area contributed by atoms with E-state index < -0.39 is 10.0 Å². The second-order valence-corrected chi connectivity index (χ2v) is 9.75. The molecule has 0 saturated heterocycles. The first-order chi connectivity index (χ1) is 13.8. The number of rotatable bonds is 5. The van der Waals surface area contributed by atoms with Crippen molar-refractivity contribution >= 4 is 27.0 Å². The van der Waals surface area contributed by atoms with E-state index in [1.807, 2.05) is 48.7 Å². The molecule has 4 rings (SSSR count). The van der Waals surface area contributed by atoms with Gasteiger partial charge in [0.15, 0.2) is 11.5 Å². The molecule has 0 fully saturated rings. The Bertz CT molecular complexity index is 1170. The Kier molecular flexibility index (Phi) is 5.00. The predicted octanol–water partition coefficient (Wildman–Crippen LogP) is 4.20. The summed E-state index contributed by atoms with van der Waals surface area (Å²) in [5, 5.41) is 2.84. The van der Waals surface area contributed by atoms with Crippen molar-refractivity contribution < 1.29 is 17.9 Å². The molecular formula is C21H22N2O4S2. The van der Waals surface area contributed by atoms with E-state index in [4.69, 9.17) is 14.5 Å². The maximum Gasteiger partial charge on any atom is 0.232 e. The van der Waals surface area contributed by atoms with E-state index in [0.29, 0.717) is 17.9 Å². The molecule has 0 saturated carbocycles. The summed E-state index contributed by atoms with van der Waals surface area (Å²) in [6.07, 6.45) is 1.94. The summed E-state index contributed by atoms with van der Waals surface area (Å²) in [7, 11) is -0.0674. The van der Waals surface area contributed by atoms with E-state index in [2.05, 4.69) is 0 Å². The van der Waals surface area contributed by atoms with E-state index in [1.54, 1.807) is 14.2 Å². The number of thiazole rings is 1. The molecule has 0 radical (unpaired) electrons. The summed E-state index contributed by atoms with van der Waals surface area (Å²) in [5.74, 6) is 1.32. The first-order valence-corrected chi connectivity index (χ1v) is 11.9. The molecule has 2 aromatic carbocycles. The number of hydrogen-bond acceptors (Lipinski definition) is 6. The fraction of sp³-hybridized carbons (Fsp3) is 0.286. The number of anilines is 1. The number of ether oxygens (including phenoxy) is 2. The van der Waals surface area contributed by atoms with Crippen LogP contribution in [0.2, 0.25) is 0 Å². The van der Waals surface area contributed by atoms with Gasteiger partial charge >= 0.3 is 0 Å². The van der Waals surface area contributed by atoms with Crippen LogP contribution in [0.3, 0.4) is 0 Å². The third-order valence-electron chi connectivity index (χ3n) is 5.02. The molecular weight excluding hydrogens is 408 g/mol. The molecule has 0 spiro atoms. The maximum absolute atomic E-state index is 12.1. The minimum Gasteiger partial charge on any atom is -0.493 e. The molecule has 3 aromatic rings. The first kappa shape index (κ1) is 19.7. The van der Waals surface area contributed by atoms with Crippen molar-refractivity contribution in [3.05, 3.63) is 47.3 Å². The summed E-state index contributed by atoms with van der Waals surface area (Å²) < 4.78 is 36.7. The second kappa shape index (κ2) is 7.35. The van der Waals surface area contributed by atoms with Crippen molar-refractivity contribution in [1.82, 2.24) is 4.98 Å².